The van der Waals surface area contributed by atoms with Crippen LogP contribution in [-0.2, 0) is 9.36 Å². The van der Waals surface area contributed by atoms with Gasteiger partial charge in [-0.05, 0) is 25.8 Å². The molecule has 2 unspecified atom stereocenters. The second-order valence-electron chi connectivity index (χ2n) is 3.76. The molecule has 0 aliphatic heterocycles. The Kier molecular flexibility index (Phi) is 7.30. The molecule has 9 heteroatoms. The van der Waals surface area contributed by atoms with Crippen molar-refractivity contribution in [3.05, 3.63) is 12.7 Å². The third-order valence-corrected chi connectivity index (χ3v) is 3.50. The van der Waals surface area contributed by atoms with E-state index in [1.807, 2.05) is 0 Å². The van der Waals surface area contributed by atoms with Gasteiger partial charge in [0.2, 0.25) is 0 Å². The summed E-state index contributed by atoms with van der Waals surface area (Å²) in [6.45, 7) is 3.56. The fraction of sp³-hybridized carbons (Fsp3) is 0.667. The molecule has 0 spiro atoms. The molecule has 0 bridgehead atoms. The first-order chi connectivity index (χ1) is 8.25. The number of carbonyl (C=O) groups is 1. The van der Waals surface area contributed by atoms with Crippen molar-refractivity contribution in [3.8, 4) is 0 Å². The van der Waals surface area contributed by atoms with Crippen LogP contribution in [0.15, 0.2) is 12.7 Å². The summed E-state index contributed by atoms with van der Waals surface area (Å²) < 4.78 is 11.1. The van der Waals surface area contributed by atoms with E-state index >= 15 is 0 Å². The summed E-state index contributed by atoms with van der Waals surface area (Å²) in [6, 6.07) is -1.41. The number of rotatable bonds is 9. The number of carboxylic acids is 1. The summed E-state index contributed by atoms with van der Waals surface area (Å²) in [5.41, 5.74) is 5.26. The van der Waals surface area contributed by atoms with Crippen molar-refractivity contribution in [1.29, 1.82) is 0 Å². The van der Waals surface area contributed by atoms with E-state index in [-0.39, 0.29) is 11.5 Å². The minimum absolute atomic E-state index is 0.0351. The average molecular weight is 282 g/mol. The van der Waals surface area contributed by atoms with E-state index in [1.54, 1.807) is 0 Å². The van der Waals surface area contributed by atoms with Gasteiger partial charge >= 0.3 is 13.6 Å². The molecule has 2 atom stereocenters. The standard InChI is InChI=1S/C9H19N2O6P/c1-2-8(18(15,16)17)11(14)7(9(12)13)5-3-4-6-10/h2,7-8,14H,1,3-6,10H2,(H,12,13)(H2,15,16,17). The SMILES string of the molecule is C=CC(N(O)C(CCCCN)C(=O)O)P(=O)(O)O. The van der Waals surface area contributed by atoms with Crippen molar-refractivity contribution in [2.45, 2.75) is 31.1 Å². The summed E-state index contributed by atoms with van der Waals surface area (Å²) in [7, 11) is -4.69. The van der Waals surface area contributed by atoms with E-state index in [0.29, 0.717) is 19.4 Å². The number of carboxylic acid groups (broad SMARTS) is 1. The van der Waals surface area contributed by atoms with Gasteiger partial charge in [0, 0.05) is 0 Å². The first-order valence-electron chi connectivity index (χ1n) is 5.33. The van der Waals surface area contributed by atoms with Crippen LogP contribution in [0.5, 0.6) is 0 Å². The van der Waals surface area contributed by atoms with Crippen LogP contribution in [0.4, 0.5) is 0 Å². The lowest BCUT2D eigenvalue weighted by Crippen LogP contribution is -2.44. The molecule has 0 aliphatic rings. The maximum Gasteiger partial charge on any atom is 0.348 e. The van der Waals surface area contributed by atoms with E-state index < -0.39 is 25.4 Å². The zero-order valence-electron chi connectivity index (χ0n) is 9.84. The molecule has 0 aromatic carbocycles. The van der Waals surface area contributed by atoms with Crippen molar-refractivity contribution in [1.82, 2.24) is 5.06 Å². The lowest BCUT2D eigenvalue weighted by Gasteiger charge is -2.28. The lowest BCUT2D eigenvalue weighted by atomic mass is 10.1. The zero-order chi connectivity index (χ0) is 14.3. The smallest absolute Gasteiger partial charge is 0.348 e. The van der Waals surface area contributed by atoms with Gasteiger partial charge in [0.25, 0.3) is 0 Å². The third-order valence-electron chi connectivity index (χ3n) is 2.36. The fourth-order valence-corrected chi connectivity index (χ4v) is 2.18. The fourth-order valence-electron chi connectivity index (χ4n) is 1.43. The molecule has 0 radical (unpaired) electrons. The van der Waals surface area contributed by atoms with Crippen LogP contribution >= 0.6 is 7.60 Å². The number of nitrogens with two attached hydrogens (primary N) is 1. The van der Waals surface area contributed by atoms with Crippen molar-refractivity contribution in [2.24, 2.45) is 5.73 Å². The molecule has 0 aromatic heterocycles. The molecule has 0 fully saturated rings. The van der Waals surface area contributed by atoms with Crippen LogP contribution in [0.3, 0.4) is 0 Å². The molecule has 8 nitrogen and oxygen atoms in total. The van der Waals surface area contributed by atoms with Crippen LogP contribution in [0.1, 0.15) is 19.3 Å². The molecule has 0 aliphatic carbocycles. The summed E-state index contributed by atoms with van der Waals surface area (Å²) in [4.78, 5) is 28.9. The quantitative estimate of drug-likeness (QED) is 0.171. The van der Waals surface area contributed by atoms with E-state index in [1.165, 1.54) is 0 Å². The molecule has 6 N–H and O–H groups in total. The van der Waals surface area contributed by atoms with Gasteiger partial charge < -0.3 is 25.8 Å². The van der Waals surface area contributed by atoms with Gasteiger partial charge in [-0.15, -0.1) is 6.58 Å². The zero-order valence-corrected chi connectivity index (χ0v) is 10.7. The lowest BCUT2D eigenvalue weighted by molar-refractivity contribution is -0.172. The molecule has 0 heterocycles. The van der Waals surface area contributed by atoms with E-state index in [0.717, 1.165) is 6.08 Å². The Bertz CT molecular complexity index is 331. The van der Waals surface area contributed by atoms with E-state index in [4.69, 9.17) is 20.6 Å². The topological polar surface area (TPSA) is 144 Å². The second kappa shape index (κ2) is 7.63. The van der Waals surface area contributed by atoms with Crippen LogP contribution in [0, 0.1) is 0 Å². The van der Waals surface area contributed by atoms with Gasteiger partial charge in [-0.2, -0.15) is 5.06 Å². The highest BCUT2D eigenvalue weighted by atomic mass is 31.2. The third kappa shape index (κ3) is 5.26. The van der Waals surface area contributed by atoms with Crippen LogP contribution in [0.25, 0.3) is 0 Å². The highest BCUT2D eigenvalue weighted by Gasteiger charge is 2.38. The maximum atomic E-state index is 11.1. The molecule has 0 amide bonds. The largest absolute Gasteiger partial charge is 0.480 e. The minimum Gasteiger partial charge on any atom is -0.480 e. The van der Waals surface area contributed by atoms with E-state index in [9.17, 15) is 14.6 Å². The molecular weight excluding hydrogens is 263 g/mol. The maximum absolute atomic E-state index is 11.1. The number of nitrogens with zero attached hydrogens (tertiary/aromatic N) is 1. The van der Waals surface area contributed by atoms with Gasteiger partial charge in [-0.1, -0.05) is 6.08 Å². The Morgan fingerprint density at radius 2 is 2.00 bits per heavy atom. The van der Waals surface area contributed by atoms with Gasteiger partial charge in [-0.3, -0.25) is 9.36 Å². The number of hydrogen-bond donors (Lipinski definition) is 5. The van der Waals surface area contributed by atoms with Gasteiger partial charge in [0.05, 0.1) is 0 Å². The highest BCUT2D eigenvalue weighted by Crippen LogP contribution is 2.43. The first kappa shape index (κ1) is 17.2. The Morgan fingerprint density at radius 3 is 2.33 bits per heavy atom. The molecule has 0 saturated heterocycles. The van der Waals surface area contributed by atoms with Crippen LogP contribution in [0.2, 0.25) is 0 Å². The molecular formula is C9H19N2O6P. The number of hydrogen-bond acceptors (Lipinski definition) is 5. The highest BCUT2D eigenvalue weighted by molar-refractivity contribution is 7.52. The second-order valence-corrected chi connectivity index (χ2v) is 5.46. The van der Waals surface area contributed by atoms with Gasteiger partial charge in [0.15, 0.2) is 5.78 Å². The Balaban J connectivity index is 4.83. The molecule has 0 saturated carbocycles. The summed E-state index contributed by atoms with van der Waals surface area (Å²) >= 11 is 0. The van der Waals surface area contributed by atoms with E-state index in [2.05, 4.69) is 6.58 Å². The normalized spacial score (nSPS) is 15.4. The van der Waals surface area contributed by atoms with Crippen molar-refractivity contribution < 1.29 is 29.5 Å². The minimum atomic E-state index is -4.69. The monoisotopic (exact) mass is 282 g/mol. The van der Waals surface area contributed by atoms with Gasteiger partial charge in [-0.25, -0.2) is 0 Å². The predicted molar refractivity (Wildman–Crippen MR) is 64.0 cm³/mol. The van der Waals surface area contributed by atoms with Crippen molar-refractivity contribution >= 4 is 13.6 Å². The summed E-state index contributed by atoms with van der Waals surface area (Å²) in [5.74, 6) is -3.11. The molecule has 18 heavy (non-hydrogen) atoms. The first-order valence-corrected chi connectivity index (χ1v) is 7.01. The van der Waals surface area contributed by atoms with Crippen LogP contribution in [-0.4, -0.2) is 49.5 Å². The van der Waals surface area contributed by atoms with Gasteiger partial charge in [0.1, 0.15) is 6.04 Å². The Hall–Kier alpha value is -0.760. The number of hydroxylamine groups is 2. The van der Waals surface area contributed by atoms with Crippen molar-refractivity contribution in [3.63, 3.8) is 0 Å². The molecule has 0 rings (SSSR count). The number of unbranched alkanes of at least 4 members (excludes halogenated alkanes) is 1. The van der Waals surface area contributed by atoms with Crippen molar-refractivity contribution in [2.75, 3.05) is 6.54 Å². The molecule has 0 aromatic rings. The van der Waals surface area contributed by atoms with Crippen LogP contribution < -0.4 is 5.73 Å². The predicted octanol–water partition coefficient (Wildman–Crippen LogP) is -0.0504. The number of aliphatic carboxylic acids is 1. The Morgan fingerprint density at radius 1 is 1.44 bits per heavy atom. The summed E-state index contributed by atoms with van der Waals surface area (Å²) in [5, 5.41) is 18.7. The summed E-state index contributed by atoms with van der Waals surface area (Å²) in [6.07, 6.45) is 1.84. The Labute approximate surface area is 105 Å². The average Bonchev–Trinajstić information content (AvgIpc) is 2.22. The molecule has 106 valence electrons.